The van der Waals surface area contributed by atoms with Crippen molar-refractivity contribution in [1.29, 1.82) is 0 Å². The van der Waals surface area contributed by atoms with Gasteiger partial charge in [0.1, 0.15) is 0 Å². The number of hydrogen-bond acceptors (Lipinski definition) is 5. The summed E-state index contributed by atoms with van der Waals surface area (Å²) in [7, 11) is 0. The van der Waals surface area contributed by atoms with Gasteiger partial charge in [-0.1, -0.05) is 23.5 Å². The minimum atomic E-state index is -0.388. The third-order valence-electron chi connectivity index (χ3n) is 2.43. The number of anilines is 1. The van der Waals surface area contributed by atoms with Gasteiger partial charge < -0.3 is 10.4 Å². The average molecular weight is 264 g/mol. The van der Waals surface area contributed by atoms with E-state index in [0.29, 0.717) is 6.54 Å². The van der Waals surface area contributed by atoms with E-state index < -0.39 is 0 Å². The van der Waals surface area contributed by atoms with Crippen LogP contribution >= 0.6 is 11.3 Å². The Morgan fingerprint density at radius 1 is 1.33 bits per heavy atom. The van der Waals surface area contributed by atoms with Crippen LogP contribution in [0.25, 0.3) is 0 Å². The summed E-state index contributed by atoms with van der Waals surface area (Å²) in [6.07, 6.45) is 0. The van der Waals surface area contributed by atoms with E-state index in [-0.39, 0.29) is 16.5 Å². The third-order valence-corrected chi connectivity index (χ3v) is 3.36. The second-order valence-corrected chi connectivity index (χ2v) is 4.65. The quantitative estimate of drug-likeness (QED) is 0.643. The maximum Gasteiger partial charge on any atom is 0.324 e. The van der Waals surface area contributed by atoms with Crippen LogP contribution in [0, 0.1) is 10.1 Å². The number of benzene rings is 1. The van der Waals surface area contributed by atoms with Crippen LogP contribution in [0.4, 0.5) is 10.7 Å². The molecule has 0 amide bonds. The Morgan fingerprint density at radius 3 is 2.83 bits per heavy atom. The van der Waals surface area contributed by atoms with Gasteiger partial charge in [0.25, 0.3) is 0 Å². The molecular formula is C12H12N2O3S. The molecule has 0 saturated carbocycles. The Morgan fingerprint density at radius 2 is 2.17 bits per heavy atom. The summed E-state index contributed by atoms with van der Waals surface area (Å²) in [6, 6.07) is 8.98. The highest BCUT2D eigenvalue weighted by Crippen LogP contribution is 2.23. The van der Waals surface area contributed by atoms with Crippen molar-refractivity contribution in [3.63, 3.8) is 0 Å². The molecule has 0 radical (unpaired) electrons. The molecule has 0 unspecified atom stereocenters. The SMILES string of the molecule is O=[N+]([O-])c1cc(CNc2cccc(CO)c2)cs1. The first-order valence-corrected chi connectivity index (χ1v) is 6.22. The highest BCUT2D eigenvalue weighted by atomic mass is 32.1. The third kappa shape index (κ3) is 3.06. The smallest absolute Gasteiger partial charge is 0.324 e. The van der Waals surface area contributed by atoms with Crippen molar-refractivity contribution in [2.45, 2.75) is 13.2 Å². The Kier molecular flexibility index (Phi) is 3.91. The molecule has 6 heteroatoms. The lowest BCUT2D eigenvalue weighted by Crippen LogP contribution is -1.98. The Bertz CT molecular complexity index is 554. The fourth-order valence-electron chi connectivity index (χ4n) is 1.53. The Labute approximate surface area is 108 Å². The first kappa shape index (κ1) is 12.5. The first-order chi connectivity index (χ1) is 8.69. The molecule has 1 aromatic heterocycles. The zero-order chi connectivity index (χ0) is 13.0. The molecule has 0 atom stereocenters. The van der Waals surface area contributed by atoms with Crippen LogP contribution in [-0.2, 0) is 13.2 Å². The highest BCUT2D eigenvalue weighted by molar-refractivity contribution is 7.13. The molecule has 1 aromatic carbocycles. The average Bonchev–Trinajstić information content (AvgIpc) is 2.85. The normalized spacial score (nSPS) is 10.3. The number of aliphatic hydroxyl groups excluding tert-OH is 1. The van der Waals surface area contributed by atoms with Gasteiger partial charge in [0.2, 0.25) is 0 Å². The summed E-state index contributed by atoms with van der Waals surface area (Å²) in [6.45, 7) is 0.526. The molecule has 18 heavy (non-hydrogen) atoms. The summed E-state index contributed by atoms with van der Waals surface area (Å²) < 4.78 is 0. The van der Waals surface area contributed by atoms with Crippen LogP contribution in [-0.4, -0.2) is 10.0 Å². The van der Waals surface area contributed by atoms with Crippen LogP contribution in [0.15, 0.2) is 35.7 Å². The van der Waals surface area contributed by atoms with Gasteiger partial charge >= 0.3 is 5.00 Å². The van der Waals surface area contributed by atoms with E-state index in [1.807, 2.05) is 24.3 Å². The molecule has 94 valence electrons. The summed E-state index contributed by atoms with van der Waals surface area (Å²) in [5.41, 5.74) is 2.59. The molecule has 0 saturated heterocycles. The van der Waals surface area contributed by atoms with Gasteiger partial charge in [0.15, 0.2) is 0 Å². The van der Waals surface area contributed by atoms with Gasteiger partial charge in [-0.15, -0.1) is 0 Å². The summed E-state index contributed by atoms with van der Waals surface area (Å²) in [5, 5.41) is 24.6. The molecule has 2 rings (SSSR count). The molecule has 0 spiro atoms. The minimum Gasteiger partial charge on any atom is -0.392 e. The standard InChI is InChI=1S/C12H12N2O3S/c15-7-9-2-1-3-11(4-9)13-6-10-5-12(14(16)17)18-8-10/h1-5,8,13,15H,6-7H2. The van der Waals surface area contributed by atoms with Crippen molar-refractivity contribution >= 4 is 22.0 Å². The van der Waals surface area contributed by atoms with Gasteiger partial charge in [0, 0.05) is 23.7 Å². The van der Waals surface area contributed by atoms with E-state index in [4.69, 9.17) is 5.11 Å². The van der Waals surface area contributed by atoms with Crippen LogP contribution in [0.1, 0.15) is 11.1 Å². The summed E-state index contributed by atoms with van der Waals surface area (Å²) >= 11 is 1.12. The lowest BCUT2D eigenvalue weighted by atomic mass is 10.2. The van der Waals surface area contributed by atoms with E-state index in [2.05, 4.69) is 5.32 Å². The van der Waals surface area contributed by atoms with Crippen molar-refractivity contribution in [3.05, 3.63) is 57.0 Å². The van der Waals surface area contributed by atoms with E-state index in [1.54, 1.807) is 11.4 Å². The largest absolute Gasteiger partial charge is 0.392 e. The second kappa shape index (κ2) is 5.61. The second-order valence-electron chi connectivity index (χ2n) is 3.76. The molecule has 0 fully saturated rings. The molecule has 0 aliphatic heterocycles. The van der Waals surface area contributed by atoms with Crippen LogP contribution in [0.3, 0.4) is 0 Å². The highest BCUT2D eigenvalue weighted by Gasteiger charge is 2.09. The van der Waals surface area contributed by atoms with Gasteiger partial charge in [0.05, 0.1) is 11.5 Å². The lowest BCUT2D eigenvalue weighted by molar-refractivity contribution is -0.380. The zero-order valence-corrected chi connectivity index (χ0v) is 10.3. The van der Waals surface area contributed by atoms with Crippen molar-refractivity contribution in [2.75, 3.05) is 5.32 Å². The van der Waals surface area contributed by atoms with E-state index >= 15 is 0 Å². The molecule has 0 aliphatic rings. The number of aliphatic hydroxyl groups is 1. The maximum absolute atomic E-state index is 10.5. The fraction of sp³-hybridized carbons (Fsp3) is 0.167. The van der Waals surface area contributed by atoms with E-state index in [1.165, 1.54) is 0 Å². The summed E-state index contributed by atoms with van der Waals surface area (Å²) in [5.74, 6) is 0. The van der Waals surface area contributed by atoms with E-state index in [0.717, 1.165) is 28.2 Å². The Hall–Kier alpha value is -1.92. The molecule has 0 bridgehead atoms. The zero-order valence-electron chi connectivity index (χ0n) is 9.50. The van der Waals surface area contributed by atoms with Crippen LogP contribution in [0.5, 0.6) is 0 Å². The van der Waals surface area contributed by atoms with Crippen molar-refractivity contribution < 1.29 is 10.0 Å². The topological polar surface area (TPSA) is 75.4 Å². The van der Waals surface area contributed by atoms with Gasteiger partial charge in [-0.05, 0) is 23.3 Å². The monoisotopic (exact) mass is 264 g/mol. The predicted octanol–water partition coefficient (Wildman–Crippen LogP) is 2.76. The molecular weight excluding hydrogens is 252 g/mol. The van der Waals surface area contributed by atoms with Crippen molar-refractivity contribution in [3.8, 4) is 0 Å². The fourth-order valence-corrected chi connectivity index (χ4v) is 2.26. The number of nitro groups is 1. The first-order valence-electron chi connectivity index (χ1n) is 5.34. The Balaban J connectivity index is 1.99. The molecule has 2 aromatic rings. The van der Waals surface area contributed by atoms with Crippen molar-refractivity contribution in [1.82, 2.24) is 0 Å². The maximum atomic E-state index is 10.5. The lowest BCUT2D eigenvalue weighted by Gasteiger charge is -2.06. The molecule has 2 N–H and O–H groups in total. The molecule has 0 aliphatic carbocycles. The summed E-state index contributed by atoms with van der Waals surface area (Å²) in [4.78, 5) is 10.2. The minimum absolute atomic E-state index is 0.000553. The van der Waals surface area contributed by atoms with Gasteiger partial charge in [-0.25, -0.2) is 0 Å². The predicted molar refractivity (Wildman–Crippen MR) is 70.7 cm³/mol. The number of nitrogens with one attached hydrogen (secondary N) is 1. The molecule has 1 heterocycles. The number of hydrogen-bond donors (Lipinski definition) is 2. The van der Waals surface area contributed by atoms with Crippen molar-refractivity contribution in [2.24, 2.45) is 0 Å². The number of nitrogens with zero attached hydrogens (tertiary/aromatic N) is 1. The number of thiophene rings is 1. The van der Waals surface area contributed by atoms with E-state index in [9.17, 15) is 10.1 Å². The van der Waals surface area contributed by atoms with Gasteiger partial charge in [-0.2, -0.15) is 0 Å². The van der Waals surface area contributed by atoms with Crippen LogP contribution in [0.2, 0.25) is 0 Å². The molecule has 5 nitrogen and oxygen atoms in total. The number of rotatable bonds is 5. The van der Waals surface area contributed by atoms with Gasteiger partial charge in [-0.3, -0.25) is 10.1 Å². The van der Waals surface area contributed by atoms with Crippen LogP contribution < -0.4 is 5.32 Å².